The molecule has 0 aliphatic rings. The minimum atomic E-state index is -1.48. The largest absolute Gasteiger partial charge is 0.390 e. The van der Waals surface area contributed by atoms with Crippen LogP contribution in [0.25, 0.3) is 5.53 Å². The van der Waals surface area contributed by atoms with Gasteiger partial charge in [-0.25, -0.2) is 0 Å². The van der Waals surface area contributed by atoms with Crippen LogP contribution in [-0.4, -0.2) is 39.2 Å². The third-order valence-corrected chi connectivity index (χ3v) is 1.94. The maximum absolute atomic E-state index is 10.9. The number of unbranched alkanes of at least 4 members (excludes halogenated alkanes) is 2. The maximum Gasteiger partial charge on any atom is 0.326 e. The average molecular weight is 200 g/mol. The van der Waals surface area contributed by atoms with E-state index in [4.69, 9.17) is 5.53 Å². The Bertz CT molecular complexity index is 224. The van der Waals surface area contributed by atoms with E-state index in [1.165, 1.54) is 0 Å². The predicted octanol–water partition coefficient (Wildman–Crippen LogP) is 0.158. The van der Waals surface area contributed by atoms with E-state index >= 15 is 0 Å². The fraction of sp³-hybridized carbons (Fsp3) is 0.778. The van der Waals surface area contributed by atoms with Crippen LogP contribution in [0.5, 0.6) is 0 Å². The molecule has 5 nitrogen and oxygen atoms in total. The number of aliphatic hydroxyl groups is 2. The van der Waals surface area contributed by atoms with Crippen LogP contribution in [0.1, 0.15) is 32.6 Å². The molecule has 0 aliphatic carbocycles. The summed E-state index contributed by atoms with van der Waals surface area (Å²) in [5, 5.41) is 18.5. The molecule has 0 saturated carbocycles. The molecule has 0 aliphatic heterocycles. The molecule has 80 valence electrons. The van der Waals surface area contributed by atoms with Gasteiger partial charge in [0.25, 0.3) is 5.78 Å². The van der Waals surface area contributed by atoms with E-state index in [1.807, 2.05) is 6.92 Å². The second-order valence-corrected chi connectivity index (χ2v) is 3.15. The molecule has 0 rings (SSSR count). The molecule has 0 spiro atoms. The lowest BCUT2D eigenvalue weighted by molar-refractivity contribution is -0.129. The molecule has 0 unspecified atom stereocenters. The topological polar surface area (TPSA) is 93.9 Å². The van der Waals surface area contributed by atoms with Crippen molar-refractivity contribution in [1.82, 2.24) is 0 Å². The van der Waals surface area contributed by atoms with Crippen molar-refractivity contribution in [1.29, 1.82) is 0 Å². The molecule has 0 radical (unpaired) electrons. The summed E-state index contributed by atoms with van der Waals surface area (Å²) < 4.78 is 0. The van der Waals surface area contributed by atoms with E-state index in [9.17, 15) is 15.0 Å². The number of ketones is 1. The van der Waals surface area contributed by atoms with Gasteiger partial charge in [-0.2, -0.15) is 4.79 Å². The summed E-state index contributed by atoms with van der Waals surface area (Å²) in [6.45, 7) is 2.02. The Balaban J connectivity index is 3.91. The van der Waals surface area contributed by atoms with Gasteiger partial charge in [-0.15, -0.1) is 0 Å². The summed E-state index contributed by atoms with van der Waals surface area (Å²) in [4.78, 5) is 13.4. The minimum absolute atomic E-state index is 0.375. The highest BCUT2D eigenvalue weighted by atomic mass is 16.3. The second kappa shape index (κ2) is 7.38. The van der Waals surface area contributed by atoms with Crippen molar-refractivity contribution in [3.8, 4) is 0 Å². The number of hydrogen-bond donors (Lipinski definition) is 2. The summed E-state index contributed by atoms with van der Waals surface area (Å²) in [7, 11) is 0. The molecule has 2 N–H and O–H groups in total. The van der Waals surface area contributed by atoms with Gasteiger partial charge in [-0.05, 0) is 6.42 Å². The number of nitrogens with zero attached hydrogens (tertiary/aromatic N) is 2. The molecule has 0 heterocycles. The second-order valence-electron chi connectivity index (χ2n) is 3.15. The van der Waals surface area contributed by atoms with Crippen LogP contribution in [0.4, 0.5) is 0 Å². The van der Waals surface area contributed by atoms with Crippen LogP contribution in [0.15, 0.2) is 0 Å². The van der Waals surface area contributed by atoms with Crippen LogP contribution >= 0.6 is 0 Å². The number of rotatable bonds is 7. The SMILES string of the molecule is CCCCC[C@H](O)[C@@H](O)C(=O)C=[N+]=[N-]. The van der Waals surface area contributed by atoms with Gasteiger partial charge in [0.15, 0.2) is 0 Å². The van der Waals surface area contributed by atoms with E-state index in [2.05, 4.69) is 4.79 Å². The zero-order chi connectivity index (χ0) is 11.0. The first-order valence-corrected chi connectivity index (χ1v) is 4.70. The summed E-state index contributed by atoms with van der Waals surface area (Å²) in [5.41, 5.74) is 8.04. The van der Waals surface area contributed by atoms with Gasteiger partial charge in [0.2, 0.25) is 0 Å². The Labute approximate surface area is 83.0 Å². The first-order valence-electron chi connectivity index (χ1n) is 4.70. The normalized spacial score (nSPS) is 14.2. The van der Waals surface area contributed by atoms with Gasteiger partial charge >= 0.3 is 6.21 Å². The summed E-state index contributed by atoms with van der Waals surface area (Å²) >= 11 is 0. The number of carbonyl (C=O) groups excluding carboxylic acids is 1. The minimum Gasteiger partial charge on any atom is -0.390 e. The molecular weight excluding hydrogens is 184 g/mol. The van der Waals surface area contributed by atoms with Gasteiger partial charge in [0.05, 0.1) is 6.10 Å². The van der Waals surface area contributed by atoms with Crippen LogP contribution < -0.4 is 0 Å². The monoisotopic (exact) mass is 200 g/mol. The highest BCUT2D eigenvalue weighted by Gasteiger charge is 2.24. The Morgan fingerprint density at radius 1 is 1.50 bits per heavy atom. The quantitative estimate of drug-likeness (QED) is 0.265. The van der Waals surface area contributed by atoms with Crippen molar-refractivity contribution in [2.75, 3.05) is 0 Å². The van der Waals surface area contributed by atoms with Crippen molar-refractivity contribution < 1.29 is 19.8 Å². The Kier molecular flexibility index (Phi) is 6.84. The lowest BCUT2D eigenvalue weighted by Gasteiger charge is -2.12. The van der Waals surface area contributed by atoms with Crippen LogP contribution in [-0.2, 0) is 4.79 Å². The highest BCUT2D eigenvalue weighted by molar-refractivity contribution is 6.27. The van der Waals surface area contributed by atoms with E-state index in [0.717, 1.165) is 19.3 Å². The van der Waals surface area contributed by atoms with Crippen molar-refractivity contribution in [2.45, 2.75) is 44.8 Å². The molecule has 0 bridgehead atoms. The Morgan fingerprint density at radius 2 is 2.14 bits per heavy atom. The summed E-state index contributed by atoms with van der Waals surface area (Å²) in [6, 6.07) is 0. The number of hydrogen-bond acceptors (Lipinski definition) is 3. The number of carbonyl (C=O) groups is 1. The predicted molar refractivity (Wildman–Crippen MR) is 50.8 cm³/mol. The van der Waals surface area contributed by atoms with Crippen molar-refractivity contribution in [2.24, 2.45) is 0 Å². The summed E-state index contributed by atoms with van der Waals surface area (Å²) in [5.74, 6) is -0.781. The lowest BCUT2D eigenvalue weighted by Crippen LogP contribution is -2.34. The van der Waals surface area contributed by atoms with Gasteiger partial charge in [0.1, 0.15) is 6.10 Å². The molecule has 14 heavy (non-hydrogen) atoms. The van der Waals surface area contributed by atoms with Crippen molar-refractivity contribution in [3.63, 3.8) is 0 Å². The maximum atomic E-state index is 10.9. The highest BCUT2D eigenvalue weighted by Crippen LogP contribution is 2.06. The molecule has 0 aromatic heterocycles. The molecule has 0 aromatic rings. The smallest absolute Gasteiger partial charge is 0.326 e. The third kappa shape index (κ3) is 4.87. The standard InChI is InChI=1S/C9H16N2O3/c1-2-3-4-5-7(12)9(14)8(13)6-11-10/h6-7,9,12,14H,2-5H2,1H3/t7-,9+/m0/s1. The van der Waals surface area contributed by atoms with Crippen molar-refractivity contribution >= 4 is 12.0 Å². The number of Topliss-reactive ketones (excluding diaryl/α,β-unsaturated/α-hetero) is 1. The zero-order valence-corrected chi connectivity index (χ0v) is 8.26. The van der Waals surface area contributed by atoms with E-state index in [1.54, 1.807) is 0 Å². The molecule has 0 fully saturated rings. The van der Waals surface area contributed by atoms with Gasteiger partial charge in [0, 0.05) is 0 Å². The fourth-order valence-corrected chi connectivity index (χ4v) is 1.08. The van der Waals surface area contributed by atoms with Gasteiger partial charge < -0.3 is 15.7 Å². The molecular formula is C9H16N2O3. The van der Waals surface area contributed by atoms with Crippen LogP contribution in [0.2, 0.25) is 0 Å². The van der Waals surface area contributed by atoms with E-state index < -0.39 is 18.0 Å². The van der Waals surface area contributed by atoms with Crippen molar-refractivity contribution in [3.05, 3.63) is 5.53 Å². The van der Waals surface area contributed by atoms with Crippen LogP contribution in [0.3, 0.4) is 0 Å². The van der Waals surface area contributed by atoms with E-state index in [0.29, 0.717) is 12.6 Å². The lowest BCUT2D eigenvalue weighted by atomic mass is 10.0. The van der Waals surface area contributed by atoms with Gasteiger partial charge in [-0.3, -0.25) is 4.79 Å². The molecule has 2 atom stereocenters. The first kappa shape index (κ1) is 13.0. The number of aliphatic hydroxyl groups excluding tert-OH is 2. The zero-order valence-electron chi connectivity index (χ0n) is 8.26. The molecule has 5 heteroatoms. The van der Waals surface area contributed by atoms with E-state index in [-0.39, 0.29) is 0 Å². The summed E-state index contributed by atoms with van der Waals surface area (Å²) in [6.07, 6.45) is 1.13. The Hall–Kier alpha value is -1.03. The molecule has 0 saturated heterocycles. The fourth-order valence-electron chi connectivity index (χ4n) is 1.08. The molecule has 0 amide bonds. The van der Waals surface area contributed by atoms with Crippen LogP contribution in [0, 0.1) is 0 Å². The Morgan fingerprint density at radius 3 is 2.64 bits per heavy atom. The molecule has 0 aromatic carbocycles. The first-order chi connectivity index (χ1) is 6.63. The average Bonchev–Trinajstić information content (AvgIpc) is 2.17. The third-order valence-electron chi connectivity index (χ3n) is 1.94. The van der Waals surface area contributed by atoms with Gasteiger partial charge in [-0.1, -0.05) is 26.2 Å².